The minimum Gasteiger partial charge on any atom is -0.480 e. The molecule has 86 valence electrons. The fourth-order valence-corrected chi connectivity index (χ4v) is 2.29. The number of rotatable bonds is 1. The van der Waals surface area contributed by atoms with Crippen molar-refractivity contribution in [1.29, 1.82) is 0 Å². The summed E-state index contributed by atoms with van der Waals surface area (Å²) >= 11 is 0. The number of carbonyl (C=O) groups is 1. The van der Waals surface area contributed by atoms with Crippen LogP contribution in [0.2, 0.25) is 0 Å². The van der Waals surface area contributed by atoms with E-state index in [1.165, 1.54) is 5.56 Å². The number of hydrogen-bond acceptors (Lipinski definition) is 2. The molecular weight excluding hydrogens is 202 g/mol. The van der Waals surface area contributed by atoms with Gasteiger partial charge in [0.15, 0.2) is 0 Å². The SMILES string of the molecule is Cc1ccc2c(c1)C(C)(C)CNC2C(=O)O. The molecule has 1 aromatic rings. The van der Waals surface area contributed by atoms with Gasteiger partial charge in [0, 0.05) is 12.0 Å². The summed E-state index contributed by atoms with van der Waals surface area (Å²) in [4.78, 5) is 11.2. The summed E-state index contributed by atoms with van der Waals surface area (Å²) in [5, 5.41) is 12.2. The van der Waals surface area contributed by atoms with Crippen LogP contribution in [0.1, 0.15) is 36.6 Å². The van der Waals surface area contributed by atoms with Crippen LogP contribution in [0, 0.1) is 6.92 Å². The normalized spacial score (nSPS) is 22.6. The van der Waals surface area contributed by atoms with E-state index in [1.54, 1.807) is 0 Å². The van der Waals surface area contributed by atoms with Crippen molar-refractivity contribution in [2.45, 2.75) is 32.2 Å². The molecule has 0 fully saturated rings. The fourth-order valence-electron chi connectivity index (χ4n) is 2.29. The molecule has 0 saturated heterocycles. The zero-order valence-electron chi connectivity index (χ0n) is 9.87. The highest BCUT2D eigenvalue weighted by Crippen LogP contribution is 2.34. The number of aliphatic carboxylic acids is 1. The summed E-state index contributed by atoms with van der Waals surface area (Å²) < 4.78 is 0. The number of aryl methyl sites for hydroxylation is 1. The number of nitrogens with one attached hydrogen (secondary N) is 1. The van der Waals surface area contributed by atoms with Crippen molar-refractivity contribution in [2.75, 3.05) is 6.54 Å². The van der Waals surface area contributed by atoms with E-state index in [9.17, 15) is 4.79 Å². The Morgan fingerprint density at radius 3 is 2.81 bits per heavy atom. The van der Waals surface area contributed by atoms with E-state index in [-0.39, 0.29) is 5.41 Å². The molecule has 16 heavy (non-hydrogen) atoms. The van der Waals surface area contributed by atoms with Gasteiger partial charge in [0.2, 0.25) is 0 Å². The van der Waals surface area contributed by atoms with Gasteiger partial charge in [-0.15, -0.1) is 0 Å². The quantitative estimate of drug-likeness (QED) is 0.759. The Kier molecular flexibility index (Phi) is 2.50. The molecule has 1 atom stereocenters. The van der Waals surface area contributed by atoms with Crippen LogP contribution in [0.4, 0.5) is 0 Å². The summed E-state index contributed by atoms with van der Waals surface area (Å²) in [7, 11) is 0. The highest BCUT2D eigenvalue weighted by molar-refractivity contribution is 5.77. The highest BCUT2D eigenvalue weighted by Gasteiger charge is 2.35. The number of benzene rings is 1. The molecule has 2 rings (SSSR count). The second kappa shape index (κ2) is 3.59. The van der Waals surface area contributed by atoms with Crippen molar-refractivity contribution in [3.63, 3.8) is 0 Å². The van der Waals surface area contributed by atoms with Gasteiger partial charge in [0.05, 0.1) is 0 Å². The van der Waals surface area contributed by atoms with Crippen molar-refractivity contribution in [2.24, 2.45) is 0 Å². The largest absolute Gasteiger partial charge is 0.480 e. The monoisotopic (exact) mass is 219 g/mol. The second-order valence-electron chi connectivity index (χ2n) is 5.13. The molecule has 3 nitrogen and oxygen atoms in total. The number of hydrogen-bond donors (Lipinski definition) is 2. The summed E-state index contributed by atoms with van der Waals surface area (Å²) in [5.74, 6) is -0.805. The first kappa shape index (κ1) is 11.1. The Morgan fingerprint density at radius 2 is 2.19 bits per heavy atom. The number of fused-ring (bicyclic) bond motifs is 1. The molecule has 0 saturated carbocycles. The summed E-state index contributed by atoms with van der Waals surface area (Å²) in [6.45, 7) is 7.00. The lowest BCUT2D eigenvalue weighted by Crippen LogP contribution is -2.44. The average molecular weight is 219 g/mol. The van der Waals surface area contributed by atoms with Gasteiger partial charge in [-0.1, -0.05) is 37.6 Å². The lowest BCUT2D eigenvalue weighted by Gasteiger charge is -2.36. The molecule has 0 aromatic heterocycles. The van der Waals surface area contributed by atoms with Crippen molar-refractivity contribution in [3.05, 3.63) is 34.9 Å². The lowest BCUT2D eigenvalue weighted by molar-refractivity contribution is -0.140. The average Bonchev–Trinajstić information content (AvgIpc) is 2.18. The molecular formula is C13H17NO2. The smallest absolute Gasteiger partial charge is 0.325 e. The first-order valence-corrected chi connectivity index (χ1v) is 5.49. The Labute approximate surface area is 95.5 Å². The number of carboxylic acid groups (broad SMARTS) is 1. The van der Waals surface area contributed by atoms with Crippen molar-refractivity contribution in [3.8, 4) is 0 Å². The Morgan fingerprint density at radius 1 is 1.50 bits per heavy atom. The Balaban J connectivity index is 2.57. The standard InChI is InChI=1S/C13H17NO2/c1-8-4-5-9-10(6-8)13(2,3)7-14-11(9)12(15)16/h4-6,11,14H,7H2,1-3H3,(H,15,16). The minimum atomic E-state index is -0.805. The minimum absolute atomic E-state index is 0.00664. The van der Waals surface area contributed by atoms with Gasteiger partial charge in [-0.2, -0.15) is 0 Å². The summed E-state index contributed by atoms with van der Waals surface area (Å²) in [6.07, 6.45) is 0. The molecule has 1 aliphatic heterocycles. The zero-order chi connectivity index (χ0) is 11.9. The molecule has 0 spiro atoms. The van der Waals surface area contributed by atoms with Gasteiger partial charge in [0.25, 0.3) is 0 Å². The van der Waals surface area contributed by atoms with Crippen molar-refractivity contribution >= 4 is 5.97 Å². The molecule has 0 bridgehead atoms. The Hall–Kier alpha value is -1.35. The topological polar surface area (TPSA) is 49.3 Å². The fraction of sp³-hybridized carbons (Fsp3) is 0.462. The first-order valence-electron chi connectivity index (χ1n) is 5.49. The van der Waals surface area contributed by atoms with Crippen LogP contribution < -0.4 is 5.32 Å². The van der Waals surface area contributed by atoms with Crippen molar-refractivity contribution in [1.82, 2.24) is 5.32 Å². The second-order valence-corrected chi connectivity index (χ2v) is 5.13. The predicted octanol–water partition coefficient (Wildman–Crippen LogP) is 2.00. The molecule has 1 unspecified atom stereocenters. The van der Waals surface area contributed by atoms with Crippen molar-refractivity contribution < 1.29 is 9.90 Å². The summed E-state index contributed by atoms with van der Waals surface area (Å²) in [6, 6.07) is 5.44. The van der Waals surface area contributed by atoms with Gasteiger partial charge in [-0.25, -0.2) is 0 Å². The molecule has 1 heterocycles. The van der Waals surface area contributed by atoms with Crippen LogP contribution in [0.3, 0.4) is 0 Å². The molecule has 2 N–H and O–H groups in total. The molecule has 0 radical (unpaired) electrons. The van der Waals surface area contributed by atoms with E-state index in [4.69, 9.17) is 5.11 Å². The van der Waals surface area contributed by atoms with Gasteiger partial charge >= 0.3 is 5.97 Å². The third-order valence-electron chi connectivity index (χ3n) is 3.24. The molecule has 3 heteroatoms. The van der Waals surface area contributed by atoms with E-state index in [0.29, 0.717) is 6.54 Å². The van der Waals surface area contributed by atoms with Crippen LogP contribution in [0.15, 0.2) is 18.2 Å². The van der Waals surface area contributed by atoms with E-state index >= 15 is 0 Å². The van der Waals surface area contributed by atoms with E-state index < -0.39 is 12.0 Å². The van der Waals surface area contributed by atoms with Gasteiger partial charge in [0.1, 0.15) is 6.04 Å². The third-order valence-corrected chi connectivity index (χ3v) is 3.24. The predicted molar refractivity (Wildman–Crippen MR) is 62.6 cm³/mol. The van der Waals surface area contributed by atoms with Gasteiger partial charge in [-0.05, 0) is 18.1 Å². The Bertz CT molecular complexity index is 438. The summed E-state index contributed by atoms with van der Waals surface area (Å²) in [5.41, 5.74) is 3.22. The van der Waals surface area contributed by atoms with Crippen LogP contribution in [0.25, 0.3) is 0 Å². The van der Waals surface area contributed by atoms with Crippen LogP contribution >= 0.6 is 0 Å². The third kappa shape index (κ3) is 1.71. The zero-order valence-corrected chi connectivity index (χ0v) is 9.87. The van der Waals surface area contributed by atoms with E-state index in [0.717, 1.165) is 11.1 Å². The molecule has 0 aliphatic carbocycles. The maximum atomic E-state index is 11.2. The van der Waals surface area contributed by atoms with Crippen LogP contribution in [0.5, 0.6) is 0 Å². The first-order chi connectivity index (χ1) is 7.42. The lowest BCUT2D eigenvalue weighted by atomic mass is 9.76. The highest BCUT2D eigenvalue weighted by atomic mass is 16.4. The van der Waals surface area contributed by atoms with Crippen LogP contribution in [-0.4, -0.2) is 17.6 Å². The maximum Gasteiger partial charge on any atom is 0.325 e. The number of carboxylic acids is 1. The maximum absolute atomic E-state index is 11.2. The van der Waals surface area contributed by atoms with Gasteiger partial charge < -0.3 is 5.11 Å². The molecule has 1 aromatic carbocycles. The van der Waals surface area contributed by atoms with E-state index in [1.807, 2.05) is 19.1 Å². The van der Waals surface area contributed by atoms with Gasteiger partial charge in [-0.3, -0.25) is 10.1 Å². The van der Waals surface area contributed by atoms with E-state index in [2.05, 4.69) is 25.2 Å². The molecule has 1 aliphatic rings. The molecule has 0 amide bonds. The van der Waals surface area contributed by atoms with Crippen LogP contribution in [-0.2, 0) is 10.2 Å².